The Kier molecular flexibility index (Phi) is 9.46. The molecule has 22 heavy (non-hydrogen) atoms. The molecule has 1 aromatic rings. The molecule has 0 bridgehead atoms. The van der Waals surface area contributed by atoms with Crippen LogP contribution in [0, 0.1) is 0 Å². The fraction of sp³-hybridized carbons (Fsp3) is 0.500. The van der Waals surface area contributed by atoms with Crippen LogP contribution in [0.25, 0.3) is 0 Å². The topological polar surface area (TPSA) is 72.9 Å². The average Bonchev–Trinajstić information content (AvgIpc) is 2.47. The number of nitrogens with zero attached hydrogens (tertiary/aromatic N) is 4. The molecule has 7 nitrogen and oxygen atoms in total. The zero-order valence-electron chi connectivity index (χ0n) is 13.8. The van der Waals surface area contributed by atoms with Gasteiger partial charge in [-0.3, -0.25) is 9.79 Å². The highest BCUT2D eigenvalue weighted by molar-refractivity contribution is 14.0. The monoisotopic (exact) mass is 420 g/mol. The molecule has 2 N–H and O–H groups in total. The summed E-state index contributed by atoms with van der Waals surface area (Å²) in [4.78, 5) is 23.6. The Morgan fingerprint density at radius 3 is 2.45 bits per heavy atom. The fourth-order valence-electron chi connectivity index (χ4n) is 1.53. The second-order valence-corrected chi connectivity index (χ2v) is 4.95. The Hall–Kier alpha value is -1.58. The number of anilines is 1. The highest BCUT2D eigenvalue weighted by atomic mass is 127. The summed E-state index contributed by atoms with van der Waals surface area (Å²) < 4.78 is 0. The zero-order valence-corrected chi connectivity index (χ0v) is 16.1. The summed E-state index contributed by atoms with van der Waals surface area (Å²) >= 11 is 0. The number of likely N-dealkylation sites (N-methyl/N-ethyl adjacent to an activating group) is 1. The van der Waals surface area contributed by atoms with Crippen molar-refractivity contribution in [1.82, 2.24) is 20.5 Å². The van der Waals surface area contributed by atoms with Crippen LogP contribution in [0.5, 0.6) is 0 Å². The van der Waals surface area contributed by atoms with Gasteiger partial charge in [0.2, 0.25) is 5.91 Å². The Labute approximate surface area is 149 Å². The summed E-state index contributed by atoms with van der Waals surface area (Å²) in [5, 5.41) is 6.10. The largest absolute Gasteiger partial charge is 0.363 e. The van der Waals surface area contributed by atoms with Crippen molar-refractivity contribution in [3.8, 4) is 0 Å². The van der Waals surface area contributed by atoms with E-state index in [9.17, 15) is 4.79 Å². The van der Waals surface area contributed by atoms with E-state index in [2.05, 4.69) is 20.6 Å². The van der Waals surface area contributed by atoms with Crippen LogP contribution in [-0.2, 0) is 11.3 Å². The second kappa shape index (κ2) is 10.2. The number of guanidine groups is 1. The minimum absolute atomic E-state index is 0. The van der Waals surface area contributed by atoms with E-state index < -0.39 is 0 Å². The van der Waals surface area contributed by atoms with Gasteiger partial charge in [0.25, 0.3) is 0 Å². The smallest absolute Gasteiger partial charge is 0.241 e. The lowest BCUT2D eigenvalue weighted by molar-refractivity contribution is -0.127. The first-order valence-electron chi connectivity index (χ1n) is 6.72. The van der Waals surface area contributed by atoms with Crippen LogP contribution in [0.15, 0.2) is 23.2 Å². The maximum Gasteiger partial charge on any atom is 0.241 e. The molecule has 0 spiro atoms. The van der Waals surface area contributed by atoms with Crippen LogP contribution < -0.4 is 15.5 Å². The van der Waals surface area contributed by atoms with Crippen LogP contribution >= 0.6 is 24.0 Å². The van der Waals surface area contributed by atoms with E-state index in [1.165, 1.54) is 4.90 Å². The van der Waals surface area contributed by atoms with Crippen molar-refractivity contribution in [1.29, 1.82) is 0 Å². The fourth-order valence-corrected chi connectivity index (χ4v) is 1.53. The van der Waals surface area contributed by atoms with Crippen molar-refractivity contribution in [2.24, 2.45) is 4.99 Å². The van der Waals surface area contributed by atoms with Crippen LogP contribution in [0.3, 0.4) is 0 Å². The molecule has 0 radical (unpaired) electrons. The number of aliphatic imine (C=N–C) groups is 1. The Balaban J connectivity index is 0.00000441. The molecule has 0 saturated carbocycles. The number of pyridine rings is 1. The number of aromatic nitrogens is 1. The molecule has 0 atom stereocenters. The molecular formula is C14H25IN6O. The van der Waals surface area contributed by atoms with Gasteiger partial charge in [0.15, 0.2) is 5.96 Å². The highest BCUT2D eigenvalue weighted by Gasteiger charge is 2.06. The van der Waals surface area contributed by atoms with E-state index in [1.54, 1.807) is 21.1 Å². The number of hydrogen-bond acceptors (Lipinski definition) is 4. The van der Waals surface area contributed by atoms with Gasteiger partial charge in [0.05, 0.1) is 18.8 Å². The third-order valence-corrected chi connectivity index (χ3v) is 2.82. The predicted molar refractivity (Wildman–Crippen MR) is 101 cm³/mol. The van der Waals surface area contributed by atoms with Crippen molar-refractivity contribution in [2.75, 3.05) is 46.7 Å². The van der Waals surface area contributed by atoms with E-state index in [1.807, 2.05) is 37.2 Å². The zero-order chi connectivity index (χ0) is 15.8. The Bertz CT molecular complexity index is 504. The van der Waals surface area contributed by atoms with Gasteiger partial charge in [-0.05, 0) is 12.1 Å². The standard InChI is InChI=1S/C14H24N6O.HI/c1-15-14(17-10-13(21)20(4)5)16-9-11-7-6-8-12(18-11)19(2)3;/h6-8H,9-10H2,1-5H3,(H2,15,16,17);1H. The quantitative estimate of drug-likeness (QED) is 0.413. The third kappa shape index (κ3) is 6.92. The van der Waals surface area contributed by atoms with Crippen molar-refractivity contribution in [2.45, 2.75) is 6.54 Å². The van der Waals surface area contributed by atoms with Gasteiger partial charge < -0.3 is 20.4 Å². The van der Waals surface area contributed by atoms with Crippen molar-refractivity contribution >= 4 is 41.7 Å². The van der Waals surface area contributed by atoms with Crippen LogP contribution in [0.1, 0.15) is 5.69 Å². The lowest BCUT2D eigenvalue weighted by Crippen LogP contribution is -2.42. The number of hydrogen-bond donors (Lipinski definition) is 2. The van der Waals surface area contributed by atoms with Crippen LogP contribution in [0.4, 0.5) is 5.82 Å². The molecule has 1 heterocycles. The molecule has 1 aromatic heterocycles. The third-order valence-electron chi connectivity index (χ3n) is 2.82. The van der Waals surface area contributed by atoms with Gasteiger partial charge in [0, 0.05) is 35.2 Å². The van der Waals surface area contributed by atoms with E-state index in [0.717, 1.165) is 11.5 Å². The molecular weight excluding hydrogens is 395 g/mol. The van der Waals surface area contributed by atoms with E-state index in [4.69, 9.17) is 0 Å². The first-order valence-corrected chi connectivity index (χ1v) is 6.72. The summed E-state index contributed by atoms with van der Waals surface area (Å²) in [7, 11) is 9.01. The lowest BCUT2D eigenvalue weighted by Gasteiger charge is -2.15. The summed E-state index contributed by atoms with van der Waals surface area (Å²) in [6.45, 7) is 0.745. The van der Waals surface area contributed by atoms with Crippen molar-refractivity contribution in [3.05, 3.63) is 23.9 Å². The number of nitrogens with one attached hydrogen (secondary N) is 2. The van der Waals surface area contributed by atoms with Crippen LogP contribution in [0.2, 0.25) is 0 Å². The minimum atomic E-state index is -0.00863. The van der Waals surface area contributed by atoms with Gasteiger partial charge >= 0.3 is 0 Å². The Morgan fingerprint density at radius 2 is 1.91 bits per heavy atom. The summed E-state index contributed by atoms with van der Waals surface area (Å²) in [6, 6.07) is 5.86. The minimum Gasteiger partial charge on any atom is -0.363 e. The Morgan fingerprint density at radius 1 is 1.23 bits per heavy atom. The lowest BCUT2D eigenvalue weighted by atomic mass is 10.3. The molecule has 0 unspecified atom stereocenters. The van der Waals surface area contributed by atoms with Gasteiger partial charge in [-0.15, -0.1) is 24.0 Å². The highest BCUT2D eigenvalue weighted by Crippen LogP contribution is 2.07. The molecule has 1 amide bonds. The molecule has 0 aliphatic heterocycles. The molecule has 0 saturated heterocycles. The molecule has 8 heteroatoms. The van der Waals surface area contributed by atoms with Crippen LogP contribution in [-0.4, -0.2) is 63.5 Å². The molecule has 0 aliphatic rings. The molecule has 0 aromatic carbocycles. The van der Waals surface area contributed by atoms with Gasteiger partial charge in [-0.2, -0.15) is 0 Å². The summed E-state index contributed by atoms with van der Waals surface area (Å²) in [6.07, 6.45) is 0. The average molecular weight is 420 g/mol. The molecule has 0 fully saturated rings. The van der Waals surface area contributed by atoms with E-state index in [0.29, 0.717) is 12.5 Å². The van der Waals surface area contributed by atoms with E-state index >= 15 is 0 Å². The number of rotatable bonds is 5. The maximum atomic E-state index is 11.5. The SMILES string of the molecule is CN=C(NCC(=O)N(C)C)NCc1cccc(N(C)C)n1.I. The predicted octanol–water partition coefficient (Wildman–Crippen LogP) is 0.519. The van der Waals surface area contributed by atoms with Crippen molar-refractivity contribution < 1.29 is 4.79 Å². The summed E-state index contributed by atoms with van der Waals surface area (Å²) in [5.74, 6) is 1.47. The van der Waals surface area contributed by atoms with E-state index in [-0.39, 0.29) is 36.4 Å². The number of carbonyl (C=O) groups excluding carboxylic acids is 1. The number of carbonyl (C=O) groups is 1. The first-order chi connectivity index (χ1) is 9.93. The summed E-state index contributed by atoms with van der Waals surface area (Å²) in [5.41, 5.74) is 0.906. The number of amides is 1. The molecule has 124 valence electrons. The normalized spacial score (nSPS) is 10.5. The maximum absolute atomic E-state index is 11.5. The van der Waals surface area contributed by atoms with Gasteiger partial charge in [0.1, 0.15) is 5.82 Å². The number of halogens is 1. The van der Waals surface area contributed by atoms with Crippen molar-refractivity contribution in [3.63, 3.8) is 0 Å². The molecule has 0 aliphatic carbocycles. The molecule has 1 rings (SSSR count). The first kappa shape index (κ1) is 20.4. The van der Waals surface area contributed by atoms with Gasteiger partial charge in [-0.1, -0.05) is 6.07 Å². The van der Waals surface area contributed by atoms with Gasteiger partial charge in [-0.25, -0.2) is 4.98 Å². The second-order valence-electron chi connectivity index (χ2n) is 4.95.